The summed E-state index contributed by atoms with van der Waals surface area (Å²) in [4.78, 5) is 11.0. The highest BCUT2D eigenvalue weighted by atomic mass is 16.5. The Morgan fingerprint density at radius 3 is 2.32 bits per heavy atom. The summed E-state index contributed by atoms with van der Waals surface area (Å²) in [6.07, 6.45) is 0.809. The number of carbonyl (C=O) groups excluding carboxylic acids is 1. The van der Waals surface area contributed by atoms with Gasteiger partial charge in [0.05, 0.1) is 14.2 Å². The van der Waals surface area contributed by atoms with E-state index in [2.05, 4.69) is 0 Å². The summed E-state index contributed by atoms with van der Waals surface area (Å²) in [5.74, 6) is 1.20. The van der Waals surface area contributed by atoms with E-state index in [0.29, 0.717) is 17.1 Å². The van der Waals surface area contributed by atoms with Gasteiger partial charge < -0.3 is 9.47 Å². The van der Waals surface area contributed by atoms with Crippen molar-refractivity contribution in [2.45, 2.75) is 6.92 Å². The minimum atomic E-state index is 0.561. The van der Waals surface area contributed by atoms with Gasteiger partial charge in [-0.2, -0.15) is 0 Å². The van der Waals surface area contributed by atoms with Gasteiger partial charge in [-0.05, 0) is 30.2 Å². The molecule has 0 heterocycles. The zero-order chi connectivity index (χ0) is 13.8. The zero-order valence-corrected chi connectivity index (χ0v) is 11.3. The molecule has 0 saturated heterocycles. The first-order chi connectivity index (χ1) is 9.21. The van der Waals surface area contributed by atoms with Gasteiger partial charge in [-0.15, -0.1) is 0 Å². The molecule has 2 aromatic rings. The molecule has 0 spiro atoms. The van der Waals surface area contributed by atoms with E-state index in [1.165, 1.54) is 0 Å². The number of rotatable bonds is 4. The second-order valence-electron chi connectivity index (χ2n) is 4.24. The van der Waals surface area contributed by atoms with E-state index in [0.717, 1.165) is 23.0 Å². The van der Waals surface area contributed by atoms with Crippen molar-refractivity contribution in [3.05, 3.63) is 47.5 Å². The fourth-order valence-electron chi connectivity index (χ4n) is 2.13. The second-order valence-corrected chi connectivity index (χ2v) is 4.24. The largest absolute Gasteiger partial charge is 0.493 e. The summed E-state index contributed by atoms with van der Waals surface area (Å²) in [6.45, 7) is 2.02. The lowest BCUT2D eigenvalue weighted by Crippen LogP contribution is -1.96. The molecule has 2 rings (SSSR count). The van der Waals surface area contributed by atoms with Crippen LogP contribution in [0.1, 0.15) is 15.9 Å². The van der Waals surface area contributed by atoms with Crippen LogP contribution >= 0.6 is 0 Å². The molecule has 0 aliphatic carbocycles. The maximum absolute atomic E-state index is 11.0. The van der Waals surface area contributed by atoms with Gasteiger partial charge in [-0.3, -0.25) is 4.79 Å². The van der Waals surface area contributed by atoms with Gasteiger partial charge in [-0.25, -0.2) is 0 Å². The summed E-state index contributed by atoms with van der Waals surface area (Å²) in [6, 6.07) is 11.5. The number of methoxy groups -OCH3 is 2. The predicted octanol–water partition coefficient (Wildman–Crippen LogP) is 3.49. The average Bonchev–Trinajstić information content (AvgIpc) is 2.46. The molecule has 98 valence electrons. The van der Waals surface area contributed by atoms with E-state index in [4.69, 9.17) is 9.47 Å². The molecule has 3 nitrogen and oxygen atoms in total. The number of hydrogen-bond acceptors (Lipinski definition) is 3. The Morgan fingerprint density at radius 1 is 1.00 bits per heavy atom. The van der Waals surface area contributed by atoms with E-state index in [-0.39, 0.29) is 0 Å². The fraction of sp³-hybridized carbons (Fsp3) is 0.188. The third kappa shape index (κ3) is 2.45. The van der Waals surface area contributed by atoms with Crippen LogP contribution in [0.15, 0.2) is 36.4 Å². The smallest absolute Gasteiger partial charge is 0.168 e. The quantitative estimate of drug-likeness (QED) is 0.785. The van der Waals surface area contributed by atoms with Gasteiger partial charge in [-0.1, -0.05) is 24.3 Å². The Morgan fingerprint density at radius 2 is 1.74 bits per heavy atom. The predicted molar refractivity (Wildman–Crippen MR) is 75.1 cm³/mol. The van der Waals surface area contributed by atoms with Crippen LogP contribution in [0.2, 0.25) is 0 Å². The van der Waals surface area contributed by atoms with Crippen LogP contribution in [-0.2, 0) is 0 Å². The number of carbonyl (C=O) groups is 1. The molecule has 0 radical (unpaired) electrons. The zero-order valence-electron chi connectivity index (χ0n) is 11.3. The van der Waals surface area contributed by atoms with E-state index in [1.54, 1.807) is 20.3 Å². The SMILES string of the molecule is COc1cc(C=O)cc(-c2ccccc2C)c1OC. The summed E-state index contributed by atoms with van der Waals surface area (Å²) in [7, 11) is 3.16. The molecular formula is C16H16O3. The molecular weight excluding hydrogens is 240 g/mol. The van der Waals surface area contributed by atoms with Crippen molar-refractivity contribution in [1.82, 2.24) is 0 Å². The molecule has 3 heteroatoms. The van der Waals surface area contributed by atoms with Crippen LogP contribution in [0.3, 0.4) is 0 Å². The first-order valence-corrected chi connectivity index (χ1v) is 5.98. The molecule has 0 aliphatic heterocycles. The second kappa shape index (κ2) is 5.57. The normalized spacial score (nSPS) is 10.1. The Bertz CT molecular complexity index is 603. The number of aldehydes is 1. The van der Waals surface area contributed by atoms with Crippen molar-refractivity contribution in [2.24, 2.45) is 0 Å². The van der Waals surface area contributed by atoms with Crippen molar-refractivity contribution in [3.63, 3.8) is 0 Å². The molecule has 0 saturated carbocycles. The molecule has 0 bridgehead atoms. The van der Waals surface area contributed by atoms with Gasteiger partial charge in [0.2, 0.25) is 0 Å². The molecule has 0 atom stereocenters. The van der Waals surface area contributed by atoms with Crippen LogP contribution in [0.4, 0.5) is 0 Å². The van der Waals surface area contributed by atoms with Crippen LogP contribution in [0.5, 0.6) is 11.5 Å². The van der Waals surface area contributed by atoms with Crippen LogP contribution in [0, 0.1) is 6.92 Å². The minimum absolute atomic E-state index is 0.561. The van der Waals surface area contributed by atoms with Crippen molar-refractivity contribution in [3.8, 4) is 22.6 Å². The first kappa shape index (κ1) is 13.1. The van der Waals surface area contributed by atoms with Gasteiger partial charge in [0.1, 0.15) is 6.29 Å². The molecule has 0 aliphatic rings. The Labute approximate surface area is 112 Å². The summed E-state index contributed by atoms with van der Waals surface area (Å²) >= 11 is 0. The lowest BCUT2D eigenvalue weighted by Gasteiger charge is -2.15. The van der Waals surface area contributed by atoms with E-state index in [9.17, 15) is 4.79 Å². The van der Waals surface area contributed by atoms with Crippen molar-refractivity contribution >= 4 is 6.29 Å². The molecule has 0 fully saturated rings. The molecule has 0 amide bonds. The maximum Gasteiger partial charge on any atom is 0.168 e. The summed E-state index contributed by atoms with van der Waals surface area (Å²) in [5, 5.41) is 0. The lowest BCUT2D eigenvalue weighted by atomic mass is 9.97. The maximum atomic E-state index is 11.0. The van der Waals surface area contributed by atoms with Crippen molar-refractivity contribution in [2.75, 3.05) is 14.2 Å². The standard InChI is InChI=1S/C16H16O3/c1-11-6-4-5-7-13(11)14-8-12(10-17)9-15(18-2)16(14)19-3/h4-10H,1-3H3. The van der Waals surface area contributed by atoms with Crippen LogP contribution < -0.4 is 9.47 Å². The molecule has 2 aromatic carbocycles. The molecule has 0 unspecified atom stereocenters. The van der Waals surface area contributed by atoms with Crippen molar-refractivity contribution in [1.29, 1.82) is 0 Å². The molecule has 19 heavy (non-hydrogen) atoms. The number of ether oxygens (including phenoxy) is 2. The van der Waals surface area contributed by atoms with E-state index < -0.39 is 0 Å². The minimum Gasteiger partial charge on any atom is -0.493 e. The van der Waals surface area contributed by atoms with E-state index >= 15 is 0 Å². The number of aryl methyl sites for hydroxylation is 1. The topological polar surface area (TPSA) is 35.5 Å². The summed E-state index contributed by atoms with van der Waals surface area (Å²) in [5.41, 5.74) is 3.57. The number of benzene rings is 2. The Balaban J connectivity index is 2.74. The van der Waals surface area contributed by atoms with Gasteiger partial charge >= 0.3 is 0 Å². The van der Waals surface area contributed by atoms with Crippen molar-refractivity contribution < 1.29 is 14.3 Å². The van der Waals surface area contributed by atoms with E-state index in [1.807, 2.05) is 37.3 Å². The van der Waals surface area contributed by atoms with Crippen LogP contribution in [-0.4, -0.2) is 20.5 Å². The third-order valence-corrected chi connectivity index (χ3v) is 3.07. The van der Waals surface area contributed by atoms with Crippen LogP contribution in [0.25, 0.3) is 11.1 Å². The number of hydrogen-bond donors (Lipinski definition) is 0. The average molecular weight is 256 g/mol. The monoisotopic (exact) mass is 256 g/mol. The highest BCUT2D eigenvalue weighted by molar-refractivity contribution is 5.85. The Kier molecular flexibility index (Phi) is 3.85. The van der Waals surface area contributed by atoms with Gasteiger partial charge in [0.25, 0.3) is 0 Å². The summed E-state index contributed by atoms with van der Waals surface area (Å²) < 4.78 is 10.7. The highest BCUT2D eigenvalue weighted by Gasteiger charge is 2.15. The fourth-order valence-corrected chi connectivity index (χ4v) is 2.13. The highest BCUT2D eigenvalue weighted by Crippen LogP contribution is 2.40. The lowest BCUT2D eigenvalue weighted by molar-refractivity contribution is 0.112. The Hall–Kier alpha value is -2.29. The van der Waals surface area contributed by atoms with Gasteiger partial charge in [0.15, 0.2) is 11.5 Å². The van der Waals surface area contributed by atoms with Gasteiger partial charge in [0, 0.05) is 11.1 Å². The molecule has 0 N–H and O–H groups in total. The third-order valence-electron chi connectivity index (χ3n) is 3.07. The molecule has 0 aromatic heterocycles. The first-order valence-electron chi connectivity index (χ1n) is 5.98.